The highest BCUT2D eigenvalue weighted by Crippen LogP contribution is 2.11. The molecule has 13 heavy (non-hydrogen) atoms. The first kappa shape index (κ1) is 9.78. The predicted octanol–water partition coefficient (Wildman–Crippen LogP) is 2.08. The minimum Gasteiger partial charge on any atom is -0.399 e. The molecule has 1 rings (SSSR count). The molecule has 2 nitrogen and oxygen atoms in total. The molecule has 0 saturated heterocycles. The summed E-state index contributed by atoms with van der Waals surface area (Å²) >= 11 is 0. The normalized spacial score (nSPS) is 16.1. The number of Topliss-reactive ketones (excluding diaryl/α,β-unsaturated/α-hetero) is 1. The number of allylic oxidation sites excluding steroid dienone is 5. The summed E-state index contributed by atoms with van der Waals surface area (Å²) in [7, 11) is 0. The fourth-order valence-corrected chi connectivity index (χ4v) is 1.23. The predicted molar refractivity (Wildman–Crippen MR) is 54.0 cm³/mol. The van der Waals surface area contributed by atoms with E-state index in [9.17, 15) is 4.79 Å². The molecule has 0 aromatic heterocycles. The summed E-state index contributed by atoms with van der Waals surface area (Å²) in [5.74, 6) is 0.178. The Hall–Kier alpha value is -1.31. The van der Waals surface area contributed by atoms with Crippen LogP contribution in [0.3, 0.4) is 0 Å². The molecule has 0 bridgehead atoms. The minimum atomic E-state index is 0.178. The molecular weight excluding hydrogens is 162 g/mol. The molecule has 0 atom stereocenters. The first-order chi connectivity index (χ1) is 6.24. The van der Waals surface area contributed by atoms with Crippen molar-refractivity contribution in [1.82, 2.24) is 0 Å². The standard InChI is InChI=1S/C11H15NO/c1-2-5-11(13)9-6-3-4-7-10(12)8-9/h3,6-8H,2,4-5,12H2,1H3. The lowest BCUT2D eigenvalue weighted by atomic mass is 10.1. The molecule has 1 aliphatic carbocycles. The van der Waals surface area contributed by atoms with E-state index in [0.29, 0.717) is 12.1 Å². The lowest BCUT2D eigenvalue weighted by Gasteiger charge is -1.98. The largest absolute Gasteiger partial charge is 0.399 e. The van der Waals surface area contributed by atoms with E-state index in [1.807, 2.05) is 25.2 Å². The van der Waals surface area contributed by atoms with Crippen LogP contribution in [0.1, 0.15) is 26.2 Å². The molecule has 0 radical (unpaired) electrons. The van der Waals surface area contributed by atoms with Gasteiger partial charge in [0.15, 0.2) is 5.78 Å². The second-order valence-corrected chi connectivity index (χ2v) is 3.12. The number of ketones is 1. The van der Waals surface area contributed by atoms with Gasteiger partial charge in [-0.3, -0.25) is 4.79 Å². The van der Waals surface area contributed by atoms with Crippen LogP contribution in [0.2, 0.25) is 0 Å². The van der Waals surface area contributed by atoms with Gasteiger partial charge in [-0.2, -0.15) is 0 Å². The molecule has 0 amide bonds. The summed E-state index contributed by atoms with van der Waals surface area (Å²) in [4.78, 5) is 11.5. The van der Waals surface area contributed by atoms with E-state index in [1.54, 1.807) is 6.08 Å². The molecule has 0 spiro atoms. The Bertz CT molecular complexity index is 284. The number of rotatable bonds is 3. The summed E-state index contributed by atoms with van der Waals surface area (Å²) < 4.78 is 0. The third-order valence-corrected chi connectivity index (χ3v) is 1.91. The number of carbonyl (C=O) groups is 1. The number of hydrogen-bond donors (Lipinski definition) is 1. The van der Waals surface area contributed by atoms with Gasteiger partial charge in [0, 0.05) is 17.7 Å². The zero-order chi connectivity index (χ0) is 9.68. The maximum absolute atomic E-state index is 11.5. The van der Waals surface area contributed by atoms with Crippen LogP contribution in [0.15, 0.2) is 35.6 Å². The van der Waals surface area contributed by atoms with Crippen molar-refractivity contribution in [2.24, 2.45) is 5.73 Å². The van der Waals surface area contributed by atoms with Gasteiger partial charge in [0.2, 0.25) is 0 Å². The Balaban J connectivity index is 2.78. The quantitative estimate of drug-likeness (QED) is 0.717. The van der Waals surface area contributed by atoms with Gasteiger partial charge < -0.3 is 5.73 Å². The number of carbonyl (C=O) groups excluding carboxylic acids is 1. The SMILES string of the molecule is CCCC(=O)C1=CC(N)=CCC=C1. The monoisotopic (exact) mass is 177 g/mol. The second-order valence-electron chi connectivity index (χ2n) is 3.12. The van der Waals surface area contributed by atoms with E-state index in [2.05, 4.69) is 0 Å². The molecule has 70 valence electrons. The van der Waals surface area contributed by atoms with Crippen molar-refractivity contribution in [2.75, 3.05) is 0 Å². The molecule has 0 fully saturated rings. The van der Waals surface area contributed by atoms with E-state index in [0.717, 1.165) is 18.4 Å². The van der Waals surface area contributed by atoms with Gasteiger partial charge in [0.25, 0.3) is 0 Å². The lowest BCUT2D eigenvalue weighted by molar-refractivity contribution is -0.115. The van der Waals surface area contributed by atoms with Crippen LogP contribution in [0.25, 0.3) is 0 Å². The van der Waals surface area contributed by atoms with E-state index in [-0.39, 0.29) is 5.78 Å². The highest BCUT2D eigenvalue weighted by molar-refractivity contribution is 5.98. The third-order valence-electron chi connectivity index (χ3n) is 1.91. The Labute approximate surface area is 78.8 Å². The van der Waals surface area contributed by atoms with Crippen LogP contribution in [-0.4, -0.2) is 5.78 Å². The molecule has 0 saturated carbocycles. The zero-order valence-corrected chi connectivity index (χ0v) is 7.92. The first-order valence-electron chi connectivity index (χ1n) is 4.61. The third kappa shape index (κ3) is 2.90. The molecular formula is C11H15NO. The summed E-state index contributed by atoms with van der Waals surface area (Å²) in [6.07, 6.45) is 9.76. The lowest BCUT2D eigenvalue weighted by Crippen LogP contribution is -2.01. The molecule has 0 unspecified atom stereocenters. The van der Waals surface area contributed by atoms with Gasteiger partial charge in [0.05, 0.1) is 0 Å². The maximum Gasteiger partial charge on any atom is 0.162 e. The first-order valence-corrected chi connectivity index (χ1v) is 4.61. The Morgan fingerprint density at radius 1 is 1.62 bits per heavy atom. The van der Waals surface area contributed by atoms with Gasteiger partial charge >= 0.3 is 0 Å². The van der Waals surface area contributed by atoms with Gasteiger partial charge in [-0.25, -0.2) is 0 Å². The van der Waals surface area contributed by atoms with Gasteiger partial charge in [-0.15, -0.1) is 0 Å². The second kappa shape index (κ2) is 4.65. The van der Waals surface area contributed by atoms with Crippen molar-refractivity contribution < 1.29 is 4.79 Å². The highest BCUT2D eigenvalue weighted by Gasteiger charge is 2.06. The molecule has 2 heteroatoms. The molecule has 0 aromatic rings. The smallest absolute Gasteiger partial charge is 0.162 e. The molecule has 0 aromatic carbocycles. The molecule has 0 heterocycles. The van der Waals surface area contributed by atoms with Crippen LogP contribution in [0, 0.1) is 0 Å². The fraction of sp³-hybridized carbons (Fsp3) is 0.364. The number of nitrogens with two attached hydrogens (primary N) is 1. The number of hydrogen-bond acceptors (Lipinski definition) is 2. The topological polar surface area (TPSA) is 43.1 Å². The maximum atomic E-state index is 11.5. The van der Waals surface area contributed by atoms with Crippen LogP contribution in [-0.2, 0) is 4.79 Å². The fourth-order valence-electron chi connectivity index (χ4n) is 1.23. The van der Waals surface area contributed by atoms with Crippen LogP contribution < -0.4 is 5.73 Å². The Kier molecular flexibility index (Phi) is 3.50. The Morgan fingerprint density at radius 2 is 2.38 bits per heavy atom. The van der Waals surface area contributed by atoms with Gasteiger partial charge in [-0.1, -0.05) is 25.2 Å². The van der Waals surface area contributed by atoms with Crippen LogP contribution in [0.5, 0.6) is 0 Å². The molecule has 0 aliphatic heterocycles. The Morgan fingerprint density at radius 3 is 3.08 bits per heavy atom. The van der Waals surface area contributed by atoms with Gasteiger partial charge in [0.1, 0.15) is 0 Å². The van der Waals surface area contributed by atoms with Crippen molar-refractivity contribution in [3.05, 3.63) is 35.6 Å². The van der Waals surface area contributed by atoms with E-state index in [1.165, 1.54) is 0 Å². The van der Waals surface area contributed by atoms with Crippen molar-refractivity contribution >= 4 is 5.78 Å². The van der Waals surface area contributed by atoms with E-state index < -0.39 is 0 Å². The summed E-state index contributed by atoms with van der Waals surface area (Å²) in [5.41, 5.74) is 7.07. The van der Waals surface area contributed by atoms with Crippen molar-refractivity contribution in [3.63, 3.8) is 0 Å². The molecule has 2 N–H and O–H groups in total. The zero-order valence-electron chi connectivity index (χ0n) is 7.92. The highest BCUT2D eigenvalue weighted by atomic mass is 16.1. The van der Waals surface area contributed by atoms with Crippen LogP contribution in [0.4, 0.5) is 0 Å². The average molecular weight is 177 g/mol. The summed E-state index contributed by atoms with van der Waals surface area (Å²) in [5, 5.41) is 0. The summed E-state index contributed by atoms with van der Waals surface area (Å²) in [6.45, 7) is 2.00. The van der Waals surface area contributed by atoms with Gasteiger partial charge in [-0.05, 0) is 18.9 Å². The average Bonchev–Trinajstić information content (AvgIpc) is 2.30. The minimum absolute atomic E-state index is 0.178. The summed E-state index contributed by atoms with van der Waals surface area (Å²) in [6, 6.07) is 0. The van der Waals surface area contributed by atoms with Crippen molar-refractivity contribution in [3.8, 4) is 0 Å². The molecule has 1 aliphatic rings. The van der Waals surface area contributed by atoms with E-state index in [4.69, 9.17) is 5.73 Å². The van der Waals surface area contributed by atoms with Crippen LogP contribution >= 0.6 is 0 Å². The van der Waals surface area contributed by atoms with E-state index >= 15 is 0 Å². The van der Waals surface area contributed by atoms with Crippen molar-refractivity contribution in [1.29, 1.82) is 0 Å². The van der Waals surface area contributed by atoms with Crippen molar-refractivity contribution in [2.45, 2.75) is 26.2 Å².